The third-order valence-corrected chi connectivity index (χ3v) is 3.69. The van der Waals surface area contributed by atoms with E-state index in [1.807, 2.05) is 6.92 Å². The van der Waals surface area contributed by atoms with Crippen LogP contribution in [0, 0.1) is 18.8 Å². The summed E-state index contributed by atoms with van der Waals surface area (Å²) in [5.41, 5.74) is 14.4. The molecule has 1 fully saturated rings. The summed E-state index contributed by atoms with van der Waals surface area (Å²) < 4.78 is 0. The minimum atomic E-state index is 0.0531. The molecule has 0 aliphatic heterocycles. The molecule has 0 saturated heterocycles. The lowest BCUT2D eigenvalue weighted by molar-refractivity contribution is 0.429. The maximum Gasteiger partial charge on any atom is 0.128 e. The Morgan fingerprint density at radius 1 is 1.44 bits per heavy atom. The van der Waals surface area contributed by atoms with E-state index in [4.69, 9.17) is 11.5 Å². The van der Waals surface area contributed by atoms with Crippen molar-refractivity contribution in [2.24, 2.45) is 17.6 Å². The predicted octanol–water partition coefficient (Wildman–Crippen LogP) is 2.41. The number of nitrogen functional groups attached to an aromatic ring is 1. The first-order valence-corrected chi connectivity index (χ1v) is 6.05. The monoisotopic (exact) mass is 219 g/mol. The molecular weight excluding hydrogens is 198 g/mol. The molecular formula is C13H21N3. The Bertz CT molecular complexity index is 375. The second-order valence-electron chi connectivity index (χ2n) is 5.19. The van der Waals surface area contributed by atoms with Gasteiger partial charge < -0.3 is 11.5 Å². The van der Waals surface area contributed by atoms with E-state index in [0.29, 0.717) is 11.7 Å². The molecule has 3 atom stereocenters. The van der Waals surface area contributed by atoms with Gasteiger partial charge in [-0.05, 0) is 43.2 Å². The number of pyridine rings is 1. The molecule has 3 unspecified atom stereocenters. The number of hydrogen-bond acceptors (Lipinski definition) is 3. The fourth-order valence-corrected chi connectivity index (χ4v) is 2.70. The standard InChI is InChI=1S/C13H21N3/c1-8-3-4-10(5-8)12(14)11-6-9(2)7-16-13(11)15/h6-8,10,12H,3-5,14H2,1-2H3,(H2,15,16). The third kappa shape index (κ3) is 2.19. The average molecular weight is 219 g/mol. The quantitative estimate of drug-likeness (QED) is 0.802. The van der Waals surface area contributed by atoms with Gasteiger partial charge in [0.2, 0.25) is 0 Å². The summed E-state index contributed by atoms with van der Waals surface area (Å²) >= 11 is 0. The zero-order valence-corrected chi connectivity index (χ0v) is 10.1. The van der Waals surface area contributed by atoms with Gasteiger partial charge >= 0.3 is 0 Å². The van der Waals surface area contributed by atoms with E-state index in [1.165, 1.54) is 19.3 Å². The molecule has 1 heterocycles. The van der Waals surface area contributed by atoms with E-state index >= 15 is 0 Å². The van der Waals surface area contributed by atoms with Gasteiger partial charge in [0.1, 0.15) is 5.82 Å². The van der Waals surface area contributed by atoms with Crippen molar-refractivity contribution in [1.29, 1.82) is 0 Å². The van der Waals surface area contributed by atoms with Crippen molar-refractivity contribution in [2.75, 3.05) is 5.73 Å². The summed E-state index contributed by atoms with van der Waals surface area (Å²) in [6.45, 7) is 4.32. The maximum atomic E-state index is 6.31. The molecule has 0 radical (unpaired) electrons. The molecule has 16 heavy (non-hydrogen) atoms. The van der Waals surface area contributed by atoms with Gasteiger partial charge in [-0.2, -0.15) is 0 Å². The van der Waals surface area contributed by atoms with E-state index in [1.54, 1.807) is 6.20 Å². The van der Waals surface area contributed by atoms with Gasteiger partial charge in [-0.1, -0.05) is 13.3 Å². The Hall–Kier alpha value is -1.09. The second-order valence-corrected chi connectivity index (χ2v) is 5.19. The molecule has 1 aliphatic carbocycles. The van der Waals surface area contributed by atoms with Crippen molar-refractivity contribution in [1.82, 2.24) is 4.98 Å². The zero-order valence-electron chi connectivity index (χ0n) is 10.1. The van der Waals surface area contributed by atoms with Crippen LogP contribution in [-0.2, 0) is 0 Å². The number of anilines is 1. The summed E-state index contributed by atoms with van der Waals surface area (Å²) in [6.07, 6.45) is 5.52. The highest BCUT2D eigenvalue weighted by molar-refractivity contribution is 5.43. The molecule has 0 spiro atoms. The number of hydrogen-bond donors (Lipinski definition) is 2. The fraction of sp³-hybridized carbons (Fsp3) is 0.615. The van der Waals surface area contributed by atoms with Crippen LogP contribution in [0.1, 0.15) is 43.4 Å². The van der Waals surface area contributed by atoms with Crippen LogP contribution in [0.15, 0.2) is 12.3 Å². The Morgan fingerprint density at radius 2 is 2.19 bits per heavy atom. The number of nitrogens with two attached hydrogens (primary N) is 2. The molecule has 3 heteroatoms. The van der Waals surface area contributed by atoms with Crippen LogP contribution in [-0.4, -0.2) is 4.98 Å². The van der Waals surface area contributed by atoms with Gasteiger partial charge in [-0.25, -0.2) is 4.98 Å². The summed E-state index contributed by atoms with van der Waals surface area (Å²) in [4.78, 5) is 4.19. The largest absolute Gasteiger partial charge is 0.383 e. The zero-order chi connectivity index (χ0) is 11.7. The van der Waals surface area contributed by atoms with Crippen LogP contribution >= 0.6 is 0 Å². The van der Waals surface area contributed by atoms with Crippen molar-refractivity contribution in [3.63, 3.8) is 0 Å². The van der Waals surface area contributed by atoms with Crippen LogP contribution < -0.4 is 11.5 Å². The summed E-state index contributed by atoms with van der Waals surface area (Å²) in [7, 11) is 0. The first-order chi connectivity index (χ1) is 7.58. The fourth-order valence-electron chi connectivity index (χ4n) is 2.70. The van der Waals surface area contributed by atoms with Crippen LogP contribution in [0.3, 0.4) is 0 Å². The lowest BCUT2D eigenvalue weighted by Crippen LogP contribution is -2.21. The molecule has 0 bridgehead atoms. The van der Waals surface area contributed by atoms with E-state index < -0.39 is 0 Å². The summed E-state index contributed by atoms with van der Waals surface area (Å²) in [5, 5.41) is 0. The molecule has 2 rings (SSSR count). The number of nitrogens with zero attached hydrogens (tertiary/aromatic N) is 1. The van der Waals surface area contributed by atoms with E-state index in [0.717, 1.165) is 17.0 Å². The Balaban J connectivity index is 2.20. The molecule has 1 aliphatic rings. The Morgan fingerprint density at radius 3 is 2.81 bits per heavy atom. The Kier molecular flexibility index (Phi) is 3.15. The molecule has 4 N–H and O–H groups in total. The molecule has 1 aromatic heterocycles. The topological polar surface area (TPSA) is 64.9 Å². The highest BCUT2D eigenvalue weighted by Crippen LogP contribution is 2.38. The lowest BCUT2D eigenvalue weighted by Gasteiger charge is -2.21. The molecule has 0 aromatic carbocycles. The highest BCUT2D eigenvalue weighted by atomic mass is 14.8. The van der Waals surface area contributed by atoms with E-state index in [-0.39, 0.29) is 6.04 Å². The maximum absolute atomic E-state index is 6.31. The summed E-state index contributed by atoms with van der Waals surface area (Å²) in [6, 6.07) is 2.13. The van der Waals surface area contributed by atoms with E-state index in [2.05, 4.69) is 18.0 Å². The third-order valence-electron chi connectivity index (χ3n) is 3.69. The van der Waals surface area contributed by atoms with Gasteiger partial charge in [0.15, 0.2) is 0 Å². The van der Waals surface area contributed by atoms with Gasteiger partial charge in [0.05, 0.1) is 0 Å². The van der Waals surface area contributed by atoms with Crippen LogP contribution in [0.2, 0.25) is 0 Å². The first-order valence-electron chi connectivity index (χ1n) is 6.05. The molecule has 1 saturated carbocycles. The molecule has 1 aromatic rings. The van der Waals surface area contributed by atoms with Crippen LogP contribution in [0.5, 0.6) is 0 Å². The molecule has 3 nitrogen and oxygen atoms in total. The Labute approximate surface area is 97.2 Å². The minimum Gasteiger partial charge on any atom is -0.383 e. The first kappa shape index (κ1) is 11.4. The molecule has 88 valence electrons. The van der Waals surface area contributed by atoms with Gasteiger partial charge in [0, 0.05) is 17.8 Å². The number of aryl methyl sites for hydroxylation is 1. The number of rotatable bonds is 2. The average Bonchev–Trinajstić information content (AvgIpc) is 2.67. The molecule has 0 amide bonds. The lowest BCUT2D eigenvalue weighted by atomic mass is 9.91. The van der Waals surface area contributed by atoms with Crippen LogP contribution in [0.4, 0.5) is 5.82 Å². The second kappa shape index (κ2) is 4.42. The van der Waals surface area contributed by atoms with Gasteiger partial charge in [0.25, 0.3) is 0 Å². The number of aromatic nitrogens is 1. The van der Waals surface area contributed by atoms with Crippen molar-refractivity contribution in [3.05, 3.63) is 23.4 Å². The highest BCUT2D eigenvalue weighted by Gasteiger charge is 2.28. The smallest absolute Gasteiger partial charge is 0.128 e. The van der Waals surface area contributed by atoms with Crippen LogP contribution in [0.25, 0.3) is 0 Å². The van der Waals surface area contributed by atoms with Gasteiger partial charge in [-0.15, -0.1) is 0 Å². The van der Waals surface area contributed by atoms with Crippen molar-refractivity contribution in [2.45, 2.75) is 39.2 Å². The van der Waals surface area contributed by atoms with Gasteiger partial charge in [-0.3, -0.25) is 0 Å². The van der Waals surface area contributed by atoms with Crippen molar-refractivity contribution < 1.29 is 0 Å². The van der Waals surface area contributed by atoms with Crippen molar-refractivity contribution >= 4 is 5.82 Å². The normalized spacial score (nSPS) is 26.9. The summed E-state index contributed by atoms with van der Waals surface area (Å²) in [5.74, 6) is 1.97. The minimum absolute atomic E-state index is 0.0531. The predicted molar refractivity (Wildman–Crippen MR) is 66.8 cm³/mol. The van der Waals surface area contributed by atoms with Crippen molar-refractivity contribution in [3.8, 4) is 0 Å². The van der Waals surface area contributed by atoms with E-state index in [9.17, 15) is 0 Å². The SMILES string of the molecule is Cc1cnc(N)c(C(N)C2CCC(C)C2)c1.